The Bertz CT molecular complexity index is 489. The van der Waals surface area contributed by atoms with Crippen LogP contribution in [0.5, 0.6) is 0 Å². The van der Waals surface area contributed by atoms with Gasteiger partial charge in [0.2, 0.25) is 0 Å². The topological polar surface area (TPSA) is 78.4 Å². The molecule has 0 fully saturated rings. The Hall–Kier alpha value is -1.75. The first-order valence-electron chi connectivity index (χ1n) is 7.40. The highest BCUT2D eigenvalue weighted by Gasteiger charge is 2.16. The number of urea groups is 1. The Labute approximate surface area is 136 Å². The fourth-order valence-electron chi connectivity index (χ4n) is 2.10. The summed E-state index contributed by atoms with van der Waals surface area (Å²) in [4.78, 5) is 22.3. The summed E-state index contributed by atoms with van der Waals surface area (Å²) in [6.07, 6.45) is 1.27. The predicted molar refractivity (Wildman–Crippen MR) is 87.1 cm³/mol. The molecule has 0 aromatic heterocycles. The van der Waals surface area contributed by atoms with Crippen molar-refractivity contribution in [3.63, 3.8) is 0 Å². The number of benzene rings is 1. The SMILES string of the molecule is CC(C)CC(NC(=O)NCCCC(=O)O)c1ccc(Cl)cc1. The maximum absolute atomic E-state index is 11.9. The molecule has 5 nitrogen and oxygen atoms in total. The van der Waals surface area contributed by atoms with E-state index in [0.29, 0.717) is 23.9 Å². The normalized spacial score (nSPS) is 12.0. The number of carbonyl (C=O) groups excluding carboxylic acids is 1. The van der Waals surface area contributed by atoms with Crippen LogP contribution >= 0.6 is 11.6 Å². The minimum atomic E-state index is -0.860. The molecule has 0 saturated heterocycles. The standard InChI is InChI=1S/C16H23ClN2O3/c1-11(2)10-14(12-5-7-13(17)8-6-12)19-16(22)18-9-3-4-15(20)21/h5-8,11,14H,3-4,9-10H2,1-2H3,(H,20,21)(H2,18,19,22). The van der Waals surface area contributed by atoms with E-state index < -0.39 is 5.97 Å². The fourth-order valence-corrected chi connectivity index (χ4v) is 2.22. The molecule has 1 aromatic rings. The molecule has 22 heavy (non-hydrogen) atoms. The van der Waals surface area contributed by atoms with Crippen LogP contribution < -0.4 is 10.6 Å². The Morgan fingerprint density at radius 1 is 1.23 bits per heavy atom. The van der Waals surface area contributed by atoms with Gasteiger partial charge in [-0.1, -0.05) is 37.6 Å². The van der Waals surface area contributed by atoms with Gasteiger partial charge in [0, 0.05) is 18.0 Å². The third-order valence-electron chi connectivity index (χ3n) is 3.14. The number of aliphatic carboxylic acids is 1. The monoisotopic (exact) mass is 326 g/mol. The molecule has 0 bridgehead atoms. The zero-order valence-corrected chi connectivity index (χ0v) is 13.7. The second-order valence-electron chi connectivity index (χ2n) is 5.63. The van der Waals surface area contributed by atoms with Crippen LogP contribution in [-0.4, -0.2) is 23.7 Å². The largest absolute Gasteiger partial charge is 0.481 e. The molecule has 0 saturated carbocycles. The quantitative estimate of drug-likeness (QED) is 0.639. The van der Waals surface area contributed by atoms with Crippen LogP contribution in [0.1, 0.15) is 44.7 Å². The number of amides is 2. The van der Waals surface area contributed by atoms with Gasteiger partial charge in [0.1, 0.15) is 0 Å². The molecule has 0 aliphatic rings. The van der Waals surface area contributed by atoms with Crippen molar-refractivity contribution in [1.29, 1.82) is 0 Å². The molecule has 1 aromatic carbocycles. The van der Waals surface area contributed by atoms with E-state index in [2.05, 4.69) is 24.5 Å². The van der Waals surface area contributed by atoms with E-state index in [9.17, 15) is 9.59 Å². The zero-order chi connectivity index (χ0) is 16.5. The van der Waals surface area contributed by atoms with Gasteiger partial charge in [-0.2, -0.15) is 0 Å². The summed E-state index contributed by atoms with van der Waals surface area (Å²) < 4.78 is 0. The van der Waals surface area contributed by atoms with Crippen molar-refractivity contribution >= 4 is 23.6 Å². The van der Waals surface area contributed by atoms with Gasteiger partial charge < -0.3 is 15.7 Å². The number of hydrogen-bond donors (Lipinski definition) is 3. The lowest BCUT2D eigenvalue weighted by molar-refractivity contribution is -0.137. The van der Waals surface area contributed by atoms with Gasteiger partial charge >= 0.3 is 12.0 Å². The van der Waals surface area contributed by atoms with Gasteiger partial charge in [0.15, 0.2) is 0 Å². The summed E-state index contributed by atoms with van der Waals surface area (Å²) in [6, 6.07) is 7.02. The number of nitrogens with one attached hydrogen (secondary N) is 2. The van der Waals surface area contributed by atoms with E-state index in [1.165, 1.54) is 0 Å². The average molecular weight is 327 g/mol. The Morgan fingerprint density at radius 3 is 2.41 bits per heavy atom. The van der Waals surface area contributed by atoms with Crippen LogP contribution in [0.4, 0.5) is 4.79 Å². The second-order valence-corrected chi connectivity index (χ2v) is 6.07. The number of carbonyl (C=O) groups is 2. The van der Waals surface area contributed by atoms with E-state index in [0.717, 1.165) is 12.0 Å². The number of carboxylic acids is 1. The van der Waals surface area contributed by atoms with Gasteiger partial charge in [0.05, 0.1) is 6.04 Å². The van der Waals surface area contributed by atoms with Crippen molar-refractivity contribution in [2.75, 3.05) is 6.54 Å². The molecule has 1 atom stereocenters. The Morgan fingerprint density at radius 2 is 1.86 bits per heavy atom. The van der Waals surface area contributed by atoms with Gasteiger partial charge in [-0.05, 0) is 36.5 Å². The van der Waals surface area contributed by atoms with Crippen LogP contribution in [0.2, 0.25) is 5.02 Å². The van der Waals surface area contributed by atoms with Crippen molar-refractivity contribution in [3.8, 4) is 0 Å². The van der Waals surface area contributed by atoms with E-state index in [1.807, 2.05) is 12.1 Å². The summed E-state index contributed by atoms with van der Waals surface area (Å²) in [6.45, 7) is 4.53. The zero-order valence-electron chi connectivity index (χ0n) is 12.9. The lowest BCUT2D eigenvalue weighted by atomic mass is 9.97. The summed E-state index contributed by atoms with van der Waals surface area (Å²) >= 11 is 5.89. The fraction of sp³-hybridized carbons (Fsp3) is 0.500. The number of rotatable bonds is 8. The summed E-state index contributed by atoms with van der Waals surface area (Å²) in [5, 5.41) is 14.8. The first-order valence-corrected chi connectivity index (χ1v) is 7.78. The molecular formula is C16H23ClN2O3. The van der Waals surface area contributed by atoms with Crippen molar-refractivity contribution in [2.24, 2.45) is 5.92 Å². The first-order chi connectivity index (χ1) is 10.4. The second kappa shape index (κ2) is 9.30. The van der Waals surface area contributed by atoms with Crippen molar-refractivity contribution < 1.29 is 14.7 Å². The van der Waals surface area contributed by atoms with E-state index in [-0.39, 0.29) is 18.5 Å². The van der Waals surface area contributed by atoms with Crippen molar-refractivity contribution in [2.45, 2.75) is 39.2 Å². The maximum atomic E-state index is 11.9. The number of carboxylic acid groups (broad SMARTS) is 1. The predicted octanol–water partition coefficient (Wildman–Crippen LogP) is 3.59. The summed E-state index contributed by atoms with van der Waals surface area (Å²) in [5.41, 5.74) is 0.999. The molecule has 0 aliphatic carbocycles. The summed E-state index contributed by atoms with van der Waals surface area (Å²) in [7, 11) is 0. The first kappa shape index (κ1) is 18.3. The van der Waals surface area contributed by atoms with E-state index in [1.54, 1.807) is 12.1 Å². The van der Waals surface area contributed by atoms with Crippen LogP contribution in [0.25, 0.3) is 0 Å². The van der Waals surface area contributed by atoms with Crippen molar-refractivity contribution in [3.05, 3.63) is 34.9 Å². The molecule has 122 valence electrons. The Kier molecular flexibility index (Phi) is 7.74. The highest BCUT2D eigenvalue weighted by Crippen LogP contribution is 2.22. The van der Waals surface area contributed by atoms with E-state index in [4.69, 9.17) is 16.7 Å². The third-order valence-corrected chi connectivity index (χ3v) is 3.39. The van der Waals surface area contributed by atoms with Gasteiger partial charge in [-0.25, -0.2) is 4.79 Å². The molecule has 0 heterocycles. The van der Waals surface area contributed by atoms with Gasteiger partial charge in [-0.3, -0.25) is 4.79 Å². The van der Waals surface area contributed by atoms with Crippen LogP contribution in [0.15, 0.2) is 24.3 Å². The van der Waals surface area contributed by atoms with Gasteiger partial charge in [-0.15, -0.1) is 0 Å². The smallest absolute Gasteiger partial charge is 0.315 e. The molecule has 1 rings (SSSR count). The van der Waals surface area contributed by atoms with E-state index >= 15 is 0 Å². The molecule has 3 N–H and O–H groups in total. The van der Waals surface area contributed by atoms with Crippen LogP contribution in [0.3, 0.4) is 0 Å². The molecule has 0 aliphatic heterocycles. The highest BCUT2D eigenvalue weighted by molar-refractivity contribution is 6.30. The molecule has 6 heteroatoms. The number of hydrogen-bond acceptors (Lipinski definition) is 2. The van der Waals surface area contributed by atoms with Gasteiger partial charge in [0.25, 0.3) is 0 Å². The Balaban J connectivity index is 2.55. The van der Waals surface area contributed by atoms with Crippen LogP contribution in [-0.2, 0) is 4.79 Å². The minimum Gasteiger partial charge on any atom is -0.481 e. The van der Waals surface area contributed by atoms with Crippen LogP contribution in [0, 0.1) is 5.92 Å². The lowest BCUT2D eigenvalue weighted by Gasteiger charge is -2.21. The average Bonchev–Trinajstić information content (AvgIpc) is 2.43. The minimum absolute atomic E-state index is 0.0485. The molecule has 2 amide bonds. The third kappa shape index (κ3) is 7.31. The molecular weight excluding hydrogens is 304 g/mol. The lowest BCUT2D eigenvalue weighted by Crippen LogP contribution is -2.39. The summed E-state index contributed by atoms with van der Waals surface area (Å²) in [5.74, 6) is -0.436. The molecule has 0 radical (unpaired) electrons. The maximum Gasteiger partial charge on any atom is 0.315 e. The van der Waals surface area contributed by atoms with Crippen molar-refractivity contribution in [1.82, 2.24) is 10.6 Å². The molecule has 1 unspecified atom stereocenters. The molecule has 0 spiro atoms. The number of halogens is 1. The highest BCUT2D eigenvalue weighted by atomic mass is 35.5.